The third kappa shape index (κ3) is 55.6. The number of esters is 1. The fraction of sp³-hybridized carbons (Fsp3) is 0.875. The lowest BCUT2D eigenvalue weighted by atomic mass is 10.0. The number of amides is 1. The quantitative estimate of drug-likeness (QED) is 0.0274. The number of rotatable bonds is 58. The largest absolute Gasteiger partial charge is 0.466 e. The third-order valence-electron chi connectivity index (χ3n) is 14.5. The molecule has 4 N–H and O–H groups in total. The van der Waals surface area contributed by atoms with Gasteiger partial charge in [0, 0.05) is 12.8 Å². The zero-order chi connectivity index (χ0) is 51.6. The number of aliphatic hydroxyl groups is 3. The van der Waals surface area contributed by atoms with Crippen molar-refractivity contribution in [1.82, 2.24) is 5.32 Å². The smallest absolute Gasteiger partial charge is 0.305 e. The topological polar surface area (TPSA) is 116 Å². The second-order valence-electron chi connectivity index (χ2n) is 21.6. The molecule has 0 spiro atoms. The van der Waals surface area contributed by atoms with Crippen LogP contribution in [0, 0.1) is 0 Å². The van der Waals surface area contributed by atoms with Crippen molar-refractivity contribution in [3.8, 4) is 0 Å². The van der Waals surface area contributed by atoms with E-state index in [9.17, 15) is 24.9 Å². The zero-order valence-corrected chi connectivity index (χ0v) is 47.3. The molecule has 0 aromatic carbocycles. The molecule has 1 unspecified atom stereocenters. The van der Waals surface area contributed by atoms with Crippen molar-refractivity contribution in [2.45, 2.75) is 347 Å². The van der Waals surface area contributed by atoms with Crippen molar-refractivity contribution in [1.29, 1.82) is 0 Å². The summed E-state index contributed by atoms with van der Waals surface area (Å²) in [6.07, 6.45) is 70.6. The molecule has 0 aliphatic carbocycles. The number of carbonyl (C=O) groups excluding carboxylic acids is 2. The molecule has 0 radical (unpaired) electrons. The Bertz CT molecular complexity index is 1170. The highest BCUT2D eigenvalue weighted by atomic mass is 16.5. The predicted molar refractivity (Wildman–Crippen MR) is 307 cm³/mol. The van der Waals surface area contributed by atoms with Crippen molar-refractivity contribution < 1.29 is 29.6 Å². The van der Waals surface area contributed by atoms with E-state index in [2.05, 4.69) is 43.5 Å². The number of unbranched alkanes of at least 4 members (excludes halogenated alkanes) is 41. The lowest BCUT2D eigenvalue weighted by Gasteiger charge is -2.20. The summed E-state index contributed by atoms with van der Waals surface area (Å²) in [5.74, 6) is -0.131. The van der Waals surface area contributed by atoms with Crippen LogP contribution in [-0.2, 0) is 14.3 Å². The summed E-state index contributed by atoms with van der Waals surface area (Å²) in [4.78, 5) is 24.5. The van der Waals surface area contributed by atoms with E-state index in [4.69, 9.17) is 4.74 Å². The molecular formula is C64H121NO6. The number of aliphatic hydroxyl groups excluding tert-OH is 3. The minimum absolute atomic E-state index is 0.00118. The van der Waals surface area contributed by atoms with Crippen LogP contribution in [0.15, 0.2) is 36.5 Å². The Balaban J connectivity index is 3.42. The molecule has 7 nitrogen and oxygen atoms in total. The van der Waals surface area contributed by atoms with Crippen LogP contribution >= 0.6 is 0 Å². The van der Waals surface area contributed by atoms with Crippen LogP contribution in [-0.4, -0.2) is 58.7 Å². The highest BCUT2D eigenvalue weighted by molar-refractivity contribution is 5.76. The van der Waals surface area contributed by atoms with Crippen molar-refractivity contribution in [3.63, 3.8) is 0 Å². The molecule has 7 heteroatoms. The van der Waals surface area contributed by atoms with Gasteiger partial charge < -0.3 is 25.4 Å². The maximum Gasteiger partial charge on any atom is 0.305 e. The van der Waals surface area contributed by atoms with E-state index in [1.165, 1.54) is 244 Å². The number of allylic oxidation sites excluding steroid dienone is 4. The second kappa shape index (κ2) is 58.9. The van der Waals surface area contributed by atoms with E-state index in [0.29, 0.717) is 25.9 Å². The summed E-state index contributed by atoms with van der Waals surface area (Å²) in [5, 5.41) is 33.3. The summed E-state index contributed by atoms with van der Waals surface area (Å²) >= 11 is 0. The van der Waals surface area contributed by atoms with Crippen LogP contribution in [0.1, 0.15) is 328 Å². The monoisotopic (exact) mass is 1000 g/mol. The van der Waals surface area contributed by atoms with E-state index in [0.717, 1.165) is 57.8 Å². The fourth-order valence-electron chi connectivity index (χ4n) is 9.62. The van der Waals surface area contributed by atoms with Gasteiger partial charge in [0.1, 0.15) is 0 Å². The van der Waals surface area contributed by atoms with Gasteiger partial charge in [0.05, 0.1) is 31.5 Å². The minimum Gasteiger partial charge on any atom is -0.466 e. The highest BCUT2D eigenvalue weighted by Crippen LogP contribution is 2.18. The number of nitrogens with one attached hydrogen (secondary N) is 1. The van der Waals surface area contributed by atoms with E-state index in [-0.39, 0.29) is 18.5 Å². The highest BCUT2D eigenvalue weighted by Gasteiger charge is 2.18. The van der Waals surface area contributed by atoms with Gasteiger partial charge in [0.25, 0.3) is 0 Å². The summed E-state index contributed by atoms with van der Waals surface area (Å²) < 4.78 is 5.48. The Kier molecular flexibility index (Phi) is 57.3. The molecule has 0 fully saturated rings. The molecule has 0 aromatic heterocycles. The summed E-state index contributed by atoms with van der Waals surface area (Å²) in [6.45, 7) is 4.77. The fourth-order valence-corrected chi connectivity index (χ4v) is 9.62. The molecule has 418 valence electrons. The zero-order valence-electron chi connectivity index (χ0n) is 47.3. The Labute approximate surface area is 441 Å². The van der Waals surface area contributed by atoms with E-state index >= 15 is 0 Å². The average Bonchev–Trinajstić information content (AvgIpc) is 3.37. The minimum atomic E-state index is -1.02. The average molecular weight is 1000 g/mol. The molecule has 0 saturated heterocycles. The van der Waals surface area contributed by atoms with E-state index in [1.54, 1.807) is 6.08 Å². The first-order valence-electron chi connectivity index (χ1n) is 31.3. The first kappa shape index (κ1) is 69.0. The lowest BCUT2D eigenvalue weighted by Crippen LogP contribution is -2.45. The molecule has 0 heterocycles. The molecule has 71 heavy (non-hydrogen) atoms. The Morgan fingerprint density at radius 2 is 0.775 bits per heavy atom. The third-order valence-corrected chi connectivity index (χ3v) is 14.5. The number of ether oxygens (including phenoxy) is 1. The Morgan fingerprint density at radius 3 is 1.21 bits per heavy atom. The van der Waals surface area contributed by atoms with Crippen LogP contribution in [0.2, 0.25) is 0 Å². The van der Waals surface area contributed by atoms with Crippen molar-refractivity contribution in [3.05, 3.63) is 36.5 Å². The van der Waals surface area contributed by atoms with Gasteiger partial charge in [-0.25, -0.2) is 0 Å². The van der Waals surface area contributed by atoms with Gasteiger partial charge in [-0.15, -0.1) is 0 Å². The maximum atomic E-state index is 12.5. The molecule has 1 amide bonds. The van der Waals surface area contributed by atoms with Crippen LogP contribution in [0.25, 0.3) is 0 Å². The SMILES string of the molecule is CCCCC/C=C\C/C=C\CCCCCCCC(=O)OCCCCCCCCCCCCCCCCCCCCCCCCCCCC(=O)N[C@@H](CO)[C@H](O)/C=C/C(O)CCCCCCCCCCCC. The standard InChI is InChI=1S/C64H121NO6/c1-3-5-7-9-11-13-15-16-28-32-35-39-43-47-51-55-64(70)71-58-52-48-44-40-36-33-30-27-25-23-21-19-17-18-20-22-24-26-29-31-34-38-42-46-50-54-63(69)65-61(59-66)62(68)57-56-60(67)53-49-45-41-37-14-12-10-8-6-4-2/h11,13,16,28,56-57,60-62,66-68H,3-10,12,14-15,17-27,29-55,58-59H2,1-2H3,(H,65,69)/b13-11-,28-16-,57-56+/t60?,61-,62+/m0/s1. The van der Waals surface area contributed by atoms with Gasteiger partial charge in [-0.05, 0) is 57.8 Å². The van der Waals surface area contributed by atoms with E-state index in [1.807, 2.05) is 0 Å². The van der Waals surface area contributed by atoms with Crippen LogP contribution in [0.3, 0.4) is 0 Å². The molecule has 0 aliphatic rings. The summed E-state index contributed by atoms with van der Waals surface area (Å²) in [5.41, 5.74) is 0. The molecule has 0 aromatic rings. The van der Waals surface area contributed by atoms with Gasteiger partial charge in [-0.1, -0.05) is 294 Å². The molecule has 0 rings (SSSR count). The van der Waals surface area contributed by atoms with Gasteiger partial charge in [-0.3, -0.25) is 9.59 Å². The van der Waals surface area contributed by atoms with Crippen LogP contribution in [0.5, 0.6) is 0 Å². The van der Waals surface area contributed by atoms with Gasteiger partial charge >= 0.3 is 5.97 Å². The molecular weight excluding hydrogens is 879 g/mol. The summed E-state index contributed by atoms with van der Waals surface area (Å²) in [6, 6.07) is -0.749. The Morgan fingerprint density at radius 1 is 0.423 bits per heavy atom. The normalized spacial score (nSPS) is 13.3. The van der Waals surface area contributed by atoms with Crippen LogP contribution in [0.4, 0.5) is 0 Å². The number of hydrogen-bond donors (Lipinski definition) is 4. The molecule has 0 aliphatic heterocycles. The van der Waals surface area contributed by atoms with E-state index < -0.39 is 18.2 Å². The first-order valence-corrected chi connectivity index (χ1v) is 31.3. The predicted octanol–water partition coefficient (Wildman–Crippen LogP) is 18.6. The van der Waals surface area contributed by atoms with Crippen molar-refractivity contribution in [2.24, 2.45) is 0 Å². The summed E-state index contributed by atoms with van der Waals surface area (Å²) in [7, 11) is 0. The maximum absolute atomic E-state index is 12.5. The second-order valence-corrected chi connectivity index (χ2v) is 21.6. The van der Waals surface area contributed by atoms with Crippen LogP contribution < -0.4 is 5.32 Å². The molecule has 0 bridgehead atoms. The first-order chi connectivity index (χ1) is 34.9. The van der Waals surface area contributed by atoms with Crippen molar-refractivity contribution >= 4 is 11.9 Å². The molecule has 3 atom stereocenters. The number of carbonyl (C=O) groups is 2. The van der Waals surface area contributed by atoms with Gasteiger partial charge in [0.2, 0.25) is 5.91 Å². The van der Waals surface area contributed by atoms with Gasteiger partial charge in [-0.2, -0.15) is 0 Å². The Hall–Kier alpha value is -1.96. The van der Waals surface area contributed by atoms with Gasteiger partial charge in [0.15, 0.2) is 0 Å². The molecule has 0 saturated carbocycles. The van der Waals surface area contributed by atoms with Crippen molar-refractivity contribution in [2.75, 3.05) is 13.2 Å². The lowest BCUT2D eigenvalue weighted by molar-refractivity contribution is -0.143. The number of hydrogen-bond acceptors (Lipinski definition) is 6.